The average Bonchev–Trinajstić information content (AvgIpc) is 2.72. The molecule has 1 aliphatic heterocycles. The standard InChI is InChI=1S/C10H15N2O8P/c1-5-3-12(10(15)11-8(5)14)7-2-6(13)9(20-7)19-4-21(16,17)18/h3,6-7,9,13H,2,4H2,1H3,(H,11,14,15)(H2,16,17,18)/t6-,7+,9-/m0/s1. The van der Waals surface area contributed by atoms with Crippen LogP contribution in [0, 0.1) is 6.92 Å². The number of hydrogen-bond acceptors (Lipinski definition) is 6. The molecule has 10 nitrogen and oxygen atoms in total. The Kier molecular flexibility index (Phi) is 4.47. The maximum atomic E-state index is 11.7. The lowest BCUT2D eigenvalue weighted by Crippen LogP contribution is -2.33. The third kappa shape index (κ3) is 3.88. The molecule has 1 fully saturated rings. The van der Waals surface area contributed by atoms with Gasteiger partial charge in [-0.2, -0.15) is 0 Å². The van der Waals surface area contributed by atoms with Gasteiger partial charge in [-0.15, -0.1) is 0 Å². The monoisotopic (exact) mass is 322 g/mol. The Labute approximate surface area is 118 Å². The van der Waals surface area contributed by atoms with Gasteiger partial charge in [-0.3, -0.25) is 18.9 Å². The number of H-pyrrole nitrogens is 1. The quantitative estimate of drug-likeness (QED) is 0.494. The Morgan fingerprint density at radius 1 is 1.52 bits per heavy atom. The molecule has 11 heteroatoms. The number of aromatic nitrogens is 2. The van der Waals surface area contributed by atoms with Gasteiger partial charge in [0.2, 0.25) is 0 Å². The Hall–Kier alpha value is -1.29. The van der Waals surface area contributed by atoms with Crippen LogP contribution in [0.15, 0.2) is 15.8 Å². The van der Waals surface area contributed by atoms with Crippen molar-refractivity contribution in [3.63, 3.8) is 0 Å². The molecule has 0 bridgehead atoms. The molecule has 0 radical (unpaired) electrons. The number of hydrogen-bond donors (Lipinski definition) is 4. The summed E-state index contributed by atoms with van der Waals surface area (Å²) in [5, 5.41) is 9.74. The maximum absolute atomic E-state index is 11.7. The second kappa shape index (κ2) is 5.84. The van der Waals surface area contributed by atoms with Crippen molar-refractivity contribution in [3.05, 3.63) is 32.6 Å². The number of aryl methyl sites for hydroxylation is 1. The molecule has 0 spiro atoms. The number of nitrogens with one attached hydrogen (secondary N) is 1. The van der Waals surface area contributed by atoms with Crippen molar-refractivity contribution < 1.29 is 28.9 Å². The van der Waals surface area contributed by atoms with E-state index in [0.717, 1.165) is 4.57 Å². The van der Waals surface area contributed by atoms with Gasteiger partial charge in [0, 0.05) is 18.2 Å². The van der Waals surface area contributed by atoms with Gasteiger partial charge < -0.3 is 24.4 Å². The minimum Gasteiger partial charge on any atom is -0.388 e. The van der Waals surface area contributed by atoms with Gasteiger partial charge in [0.05, 0.1) is 0 Å². The molecule has 21 heavy (non-hydrogen) atoms. The number of nitrogens with zero attached hydrogens (tertiary/aromatic N) is 1. The van der Waals surface area contributed by atoms with Crippen molar-refractivity contribution in [2.75, 3.05) is 6.35 Å². The third-order valence-electron chi connectivity index (χ3n) is 2.91. The maximum Gasteiger partial charge on any atom is 0.351 e. The smallest absolute Gasteiger partial charge is 0.351 e. The Morgan fingerprint density at radius 3 is 2.81 bits per heavy atom. The van der Waals surface area contributed by atoms with Crippen LogP contribution in [0.5, 0.6) is 0 Å². The largest absolute Gasteiger partial charge is 0.388 e. The average molecular weight is 322 g/mol. The zero-order valence-electron chi connectivity index (χ0n) is 11.0. The number of aromatic amines is 1. The van der Waals surface area contributed by atoms with E-state index in [9.17, 15) is 19.3 Å². The Morgan fingerprint density at radius 2 is 2.19 bits per heavy atom. The molecule has 0 saturated carbocycles. The summed E-state index contributed by atoms with van der Waals surface area (Å²) < 4.78 is 21.9. The van der Waals surface area contributed by atoms with Crippen LogP contribution >= 0.6 is 7.60 Å². The van der Waals surface area contributed by atoms with E-state index in [4.69, 9.17) is 19.3 Å². The number of ether oxygens (including phenoxy) is 2. The second-order valence-corrected chi connectivity index (χ2v) is 6.29. The summed E-state index contributed by atoms with van der Waals surface area (Å²) in [6, 6.07) is 0. The Bertz CT molecular complexity index is 676. The van der Waals surface area contributed by atoms with Gasteiger partial charge in [0.15, 0.2) is 12.6 Å². The minimum absolute atomic E-state index is 0.0167. The fourth-order valence-corrected chi connectivity index (χ4v) is 2.26. The number of rotatable bonds is 4. The Balaban J connectivity index is 2.14. The lowest BCUT2D eigenvalue weighted by Gasteiger charge is -2.17. The van der Waals surface area contributed by atoms with Crippen LogP contribution in [0.25, 0.3) is 0 Å². The van der Waals surface area contributed by atoms with E-state index in [0.29, 0.717) is 0 Å². The third-order valence-corrected chi connectivity index (χ3v) is 3.40. The lowest BCUT2D eigenvalue weighted by molar-refractivity contribution is -0.168. The summed E-state index contributed by atoms with van der Waals surface area (Å²) in [6.45, 7) is 1.50. The molecule has 1 aromatic rings. The predicted molar refractivity (Wildman–Crippen MR) is 68.6 cm³/mol. The van der Waals surface area contributed by atoms with Crippen LogP contribution < -0.4 is 11.2 Å². The van der Waals surface area contributed by atoms with Gasteiger partial charge in [-0.1, -0.05) is 0 Å². The molecule has 2 heterocycles. The first-order chi connectivity index (χ1) is 9.67. The summed E-state index contributed by atoms with van der Waals surface area (Å²) in [5.74, 6) is 0. The van der Waals surface area contributed by atoms with E-state index in [2.05, 4.69) is 4.98 Å². The lowest BCUT2D eigenvalue weighted by atomic mass is 10.2. The highest BCUT2D eigenvalue weighted by Crippen LogP contribution is 2.37. The first-order valence-corrected chi connectivity index (χ1v) is 7.79. The molecular formula is C10H15N2O8P. The predicted octanol–water partition coefficient (Wildman–Crippen LogP) is -1.40. The molecule has 1 aliphatic rings. The van der Waals surface area contributed by atoms with Crippen molar-refractivity contribution >= 4 is 7.60 Å². The molecule has 3 atom stereocenters. The first-order valence-electron chi connectivity index (χ1n) is 5.99. The molecule has 0 unspecified atom stereocenters. The van der Waals surface area contributed by atoms with Gasteiger partial charge in [-0.25, -0.2) is 4.79 Å². The molecule has 118 valence electrons. The molecule has 0 amide bonds. The van der Waals surface area contributed by atoms with Gasteiger partial charge in [0.1, 0.15) is 12.3 Å². The zero-order valence-corrected chi connectivity index (χ0v) is 11.9. The molecule has 1 saturated heterocycles. The summed E-state index contributed by atoms with van der Waals surface area (Å²) in [7, 11) is -4.39. The minimum atomic E-state index is -4.39. The molecule has 0 aliphatic carbocycles. The van der Waals surface area contributed by atoms with E-state index >= 15 is 0 Å². The molecular weight excluding hydrogens is 307 g/mol. The molecule has 0 aromatic carbocycles. The van der Waals surface area contributed by atoms with E-state index in [1.54, 1.807) is 0 Å². The fraction of sp³-hybridized carbons (Fsp3) is 0.600. The van der Waals surface area contributed by atoms with Crippen LogP contribution in [0.1, 0.15) is 18.2 Å². The molecule has 1 aromatic heterocycles. The van der Waals surface area contributed by atoms with Gasteiger partial charge >= 0.3 is 13.3 Å². The zero-order chi connectivity index (χ0) is 15.8. The van der Waals surface area contributed by atoms with E-state index in [1.807, 2.05) is 0 Å². The van der Waals surface area contributed by atoms with Crippen molar-refractivity contribution in [2.45, 2.75) is 32.0 Å². The number of aliphatic hydroxyl groups excluding tert-OH is 1. The topological polar surface area (TPSA) is 151 Å². The van der Waals surface area contributed by atoms with Crippen molar-refractivity contribution in [1.82, 2.24) is 9.55 Å². The van der Waals surface area contributed by atoms with E-state index in [1.165, 1.54) is 13.1 Å². The van der Waals surface area contributed by atoms with Crippen LogP contribution in [-0.2, 0) is 14.0 Å². The first kappa shape index (κ1) is 16.1. The van der Waals surface area contributed by atoms with Crippen molar-refractivity contribution in [2.24, 2.45) is 0 Å². The normalized spacial score (nSPS) is 26.2. The highest BCUT2D eigenvalue weighted by Gasteiger charge is 2.37. The van der Waals surface area contributed by atoms with E-state index < -0.39 is 43.8 Å². The number of aliphatic hydroxyl groups is 1. The highest BCUT2D eigenvalue weighted by molar-refractivity contribution is 7.51. The van der Waals surface area contributed by atoms with Crippen molar-refractivity contribution in [1.29, 1.82) is 0 Å². The SMILES string of the molecule is Cc1cn([C@H]2C[C@H](O)[C@@H](OCP(=O)(O)O)O2)c(=O)[nH]c1=O. The highest BCUT2D eigenvalue weighted by atomic mass is 31.2. The van der Waals surface area contributed by atoms with Gasteiger partial charge in [-0.05, 0) is 6.92 Å². The summed E-state index contributed by atoms with van der Waals surface area (Å²) in [6.07, 6.45) is -2.95. The van der Waals surface area contributed by atoms with Crippen LogP contribution in [0.3, 0.4) is 0 Å². The second-order valence-electron chi connectivity index (χ2n) is 4.70. The van der Waals surface area contributed by atoms with Crippen LogP contribution in [0.4, 0.5) is 0 Å². The van der Waals surface area contributed by atoms with Crippen LogP contribution in [-0.4, -0.2) is 43.2 Å². The fourth-order valence-electron chi connectivity index (χ4n) is 1.92. The molecule has 4 N–H and O–H groups in total. The summed E-state index contributed by atoms with van der Waals surface area (Å²) >= 11 is 0. The summed E-state index contributed by atoms with van der Waals surface area (Å²) in [4.78, 5) is 42.5. The van der Waals surface area contributed by atoms with Crippen LogP contribution in [0.2, 0.25) is 0 Å². The van der Waals surface area contributed by atoms with Crippen molar-refractivity contribution in [3.8, 4) is 0 Å². The van der Waals surface area contributed by atoms with Gasteiger partial charge in [0.25, 0.3) is 5.56 Å². The molecule has 2 rings (SSSR count). The summed E-state index contributed by atoms with van der Waals surface area (Å²) in [5.41, 5.74) is -0.949. The van der Waals surface area contributed by atoms with E-state index in [-0.39, 0.29) is 12.0 Å².